The van der Waals surface area contributed by atoms with Crippen molar-refractivity contribution >= 4 is 11.9 Å². The van der Waals surface area contributed by atoms with Gasteiger partial charge in [-0.3, -0.25) is 4.79 Å². The molecule has 25 heavy (non-hydrogen) atoms. The predicted octanol–water partition coefficient (Wildman–Crippen LogP) is 2.80. The number of carbonyl (C=O) groups is 2. The van der Waals surface area contributed by atoms with E-state index in [9.17, 15) is 9.59 Å². The van der Waals surface area contributed by atoms with E-state index in [0.29, 0.717) is 28.5 Å². The van der Waals surface area contributed by atoms with Crippen LogP contribution < -0.4 is 0 Å². The summed E-state index contributed by atoms with van der Waals surface area (Å²) in [5, 5.41) is 16.9. The molecule has 0 radical (unpaired) electrons. The number of benzene rings is 2. The summed E-state index contributed by atoms with van der Waals surface area (Å²) in [4.78, 5) is 24.3. The fraction of sp³-hybridized carbons (Fsp3) is 0.111. The molecule has 0 saturated carbocycles. The van der Waals surface area contributed by atoms with Crippen LogP contribution in [0.3, 0.4) is 0 Å². The molecule has 0 spiro atoms. The Bertz CT molecular complexity index is 912. The number of nitrogens with zero attached hydrogens (tertiary/aromatic N) is 3. The number of hydrogen-bond donors (Lipinski definition) is 1. The zero-order valence-corrected chi connectivity index (χ0v) is 13.6. The molecule has 1 aromatic heterocycles. The van der Waals surface area contributed by atoms with Crippen molar-refractivity contribution < 1.29 is 19.1 Å². The third kappa shape index (κ3) is 3.40. The molecule has 1 heterocycles. The summed E-state index contributed by atoms with van der Waals surface area (Å²) in [6.07, 6.45) is 0. The maximum Gasteiger partial charge on any atom is 0.335 e. The van der Waals surface area contributed by atoms with E-state index in [1.54, 1.807) is 50.5 Å². The van der Waals surface area contributed by atoms with Crippen molar-refractivity contribution in [3.63, 3.8) is 0 Å². The lowest BCUT2D eigenvalue weighted by Gasteiger charge is -2.09. The summed E-state index contributed by atoms with van der Waals surface area (Å²) in [7, 11) is 3.38. The zero-order valence-electron chi connectivity index (χ0n) is 13.6. The second-order valence-electron chi connectivity index (χ2n) is 5.57. The van der Waals surface area contributed by atoms with Crippen LogP contribution in [0.1, 0.15) is 20.7 Å². The fourth-order valence-corrected chi connectivity index (χ4v) is 2.23. The van der Waals surface area contributed by atoms with E-state index in [1.165, 1.54) is 17.0 Å². The lowest BCUT2D eigenvalue weighted by Crippen LogP contribution is -2.21. The average molecular weight is 337 g/mol. The zero-order chi connectivity index (χ0) is 18.0. The van der Waals surface area contributed by atoms with Gasteiger partial charge < -0.3 is 14.4 Å². The van der Waals surface area contributed by atoms with Gasteiger partial charge in [-0.15, -0.1) is 10.2 Å². The summed E-state index contributed by atoms with van der Waals surface area (Å²) in [5.74, 6) is -0.469. The van der Waals surface area contributed by atoms with Crippen LogP contribution in [0, 0.1) is 0 Å². The van der Waals surface area contributed by atoms with Crippen LogP contribution in [0.25, 0.3) is 22.9 Å². The Hall–Kier alpha value is -3.48. The molecule has 0 bridgehead atoms. The Morgan fingerprint density at radius 2 is 1.28 bits per heavy atom. The van der Waals surface area contributed by atoms with E-state index in [-0.39, 0.29) is 11.5 Å². The average Bonchev–Trinajstić information content (AvgIpc) is 3.11. The maximum atomic E-state index is 11.9. The topological polar surface area (TPSA) is 96.5 Å². The Kier molecular flexibility index (Phi) is 4.30. The van der Waals surface area contributed by atoms with Crippen molar-refractivity contribution in [3.8, 4) is 22.9 Å². The molecule has 7 heteroatoms. The van der Waals surface area contributed by atoms with E-state index in [1.807, 2.05) is 0 Å². The van der Waals surface area contributed by atoms with Gasteiger partial charge in [-0.25, -0.2) is 4.79 Å². The summed E-state index contributed by atoms with van der Waals surface area (Å²) in [6, 6.07) is 13.0. The first kappa shape index (κ1) is 16.4. The van der Waals surface area contributed by atoms with Crippen molar-refractivity contribution in [3.05, 3.63) is 59.7 Å². The largest absolute Gasteiger partial charge is 0.478 e. The van der Waals surface area contributed by atoms with Crippen molar-refractivity contribution in [1.29, 1.82) is 0 Å². The van der Waals surface area contributed by atoms with Crippen LogP contribution in [0.2, 0.25) is 0 Å². The minimum atomic E-state index is -0.995. The standard InChI is InChI=1S/C18H15N3O4/c1-21(2)17(22)13-7-3-11(4-8-13)15-19-20-16(25-15)12-5-9-14(10-6-12)18(23)24/h3-10H,1-2H3,(H,23,24). The second-order valence-corrected chi connectivity index (χ2v) is 5.57. The van der Waals surface area contributed by atoms with E-state index < -0.39 is 5.97 Å². The van der Waals surface area contributed by atoms with Crippen LogP contribution in [0.15, 0.2) is 52.9 Å². The molecule has 0 fully saturated rings. The van der Waals surface area contributed by atoms with Gasteiger partial charge in [-0.1, -0.05) is 0 Å². The number of aromatic nitrogens is 2. The number of carboxylic acids is 1. The van der Waals surface area contributed by atoms with Crippen LogP contribution in [-0.2, 0) is 0 Å². The van der Waals surface area contributed by atoms with Crippen molar-refractivity contribution in [2.24, 2.45) is 0 Å². The first-order valence-electron chi connectivity index (χ1n) is 7.45. The SMILES string of the molecule is CN(C)C(=O)c1ccc(-c2nnc(-c3ccc(C(=O)O)cc3)o2)cc1. The lowest BCUT2D eigenvalue weighted by molar-refractivity contribution is 0.0696. The van der Waals surface area contributed by atoms with Crippen LogP contribution in [0.4, 0.5) is 0 Å². The monoisotopic (exact) mass is 337 g/mol. The summed E-state index contributed by atoms with van der Waals surface area (Å²) in [6.45, 7) is 0. The second kappa shape index (κ2) is 6.56. The minimum absolute atomic E-state index is 0.0868. The number of carboxylic acid groups (broad SMARTS) is 1. The third-order valence-electron chi connectivity index (χ3n) is 3.59. The number of carbonyl (C=O) groups excluding carboxylic acids is 1. The molecule has 7 nitrogen and oxygen atoms in total. The summed E-state index contributed by atoms with van der Waals surface area (Å²) >= 11 is 0. The first-order chi connectivity index (χ1) is 12.0. The maximum absolute atomic E-state index is 11.9. The highest BCUT2D eigenvalue weighted by atomic mass is 16.4. The Balaban J connectivity index is 1.83. The van der Waals surface area contributed by atoms with Gasteiger partial charge >= 0.3 is 5.97 Å². The molecule has 1 N–H and O–H groups in total. The highest BCUT2D eigenvalue weighted by molar-refractivity contribution is 5.94. The van der Waals surface area contributed by atoms with Crippen LogP contribution in [0.5, 0.6) is 0 Å². The molecule has 3 aromatic rings. The molecule has 0 aliphatic carbocycles. The smallest absolute Gasteiger partial charge is 0.335 e. The molecule has 1 amide bonds. The summed E-state index contributed by atoms with van der Waals surface area (Å²) in [5.41, 5.74) is 2.07. The van der Waals surface area contributed by atoms with Gasteiger partial charge in [0.15, 0.2) is 0 Å². The first-order valence-corrected chi connectivity index (χ1v) is 7.45. The normalized spacial score (nSPS) is 10.5. The highest BCUT2D eigenvalue weighted by Gasteiger charge is 2.13. The van der Waals surface area contributed by atoms with E-state index in [2.05, 4.69) is 10.2 Å². The van der Waals surface area contributed by atoms with Gasteiger partial charge in [-0.05, 0) is 48.5 Å². The number of rotatable bonds is 4. The van der Waals surface area contributed by atoms with Gasteiger partial charge in [0, 0.05) is 30.8 Å². The highest BCUT2D eigenvalue weighted by Crippen LogP contribution is 2.24. The minimum Gasteiger partial charge on any atom is -0.478 e. The molecule has 0 atom stereocenters. The van der Waals surface area contributed by atoms with E-state index >= 15 is 0 Å². The van der Waals surface area contributed by atoms with Crippen molar-refractivity contribution in [2.75, 3.05) is 14.1 Å². The van der Waals surface area contributed by atoms with Crippen LogP contribution in [-0.4, -0.2) is 46.2 Å². The molecular formula is C18H15N3O4. The van der Waals surface area contributed by atoms with Gasteiger partial charge in [0.05, 0.1) is 5.56 Å². The van der Waals surface area contributed by atoms with Gasteiger partial charge in [0.1, 0.15) is 0 Å². The summed E-state index contributed by atoms with van der Waals surface area (Å²) < 4.78 is 5.64. The van der Waals surface area contributed by atoms with Gasteiger partial charge in [0.2, 0.25) is 11.8 Å². The molecule has 0 unspecified atom stereocenters. The number of amides is 1. The molecule has 0 aliphatic rings. The predicted molar refractivity (Wildman–Crippen MR) is 90.1 cm³/mol. The van der Waals surface area contributed by atoms with E-state index in [4.69, 9.17) is 9.52 Å². The molecule has 126 valence electrons. The molecule has 3 rings (SSSR count). The quantitative estimate of drug-likeness (QED) is 0.786. The van der Waals surface area contributed by atoms with Gasteiger partial charge in [-0.2, -0.15) is 0 Å². The van der Waals surface area contributed by atoms with E-state index in [0.717, 1.165) is 0 Å². The number of hydrogen-bond acceptors (Lipinski definition) is 5. The molecule has 2 aromatic carbocycles. The Morgan fingerprint density at radius 3 is 1.68 bits per heavy atom. The molecule has 0 saturated heterocycles. The van der Waals surface area contributed by atoms with Crippen molar-refractivity contribution in [1.82, 2.24) is 15.1 Å². The number of aromatic carboxylic acids is 1. The van der Waals surface area contributed by atoms with Gasteiger partial charge in [0.25, 0.3) is 5.91 Å². The molecular weight excluding hydrogens is 322 g/mol. The third-order valence-corrected chi connectivity index (χ3v) is 3.59. The Labute approximate surface area is 143 Å². The fourth-order valence-electron chi connectivity index (χ4n) is 2.23. The Morgan fingerprint density at radius 1 is 0.840 bits per heavy atom. The van der Waals surface area contributed by atoms with Crippen LogP contribution >= 0.6 is 0 Å². The lowest BCUT2D eigenvalue weighted by atomic mass is 10.1. The molecule has 0 aliphatic heterocycles. The van der Waals surface area contributed by atoms with Crippen molar-refractivity contribution in [2.45, 2.75) is 0 Å².